The van der Waals surface area contributed by atoms with E-state index in [2.05, 4.69) is 16.0 Å². The second kappa shape index (κ2) is 6.99. The van der Waals surface area contributed by atoms with Crippen LogP contribution in [-0.2, 0) is 0 Å². The van der Waals surface area contributed by atoms with Crippen molar-refractivity contribution in [1.29, 1.82) is 0 Å². The van der Waals surface area contributed by atoms with Gasteiger partial charge in [0, 0.05) is 12.6 Å². The molecule has 1 fully saturated rings. The van der Waals surface area contributed by atoms with Crippen LogP contribution in [0.5, 0.6) is 5.75 Å². The molecule has 1 heterocycles. The van der Waals surface area contributed by atoms with Gasteiger partial charge >= 0.3 is 6.03 Å². The summed E-state index contributed by atoms with van der Waals surface area (Å²) in [5, 5.41) is 9.06. The molecule has 1 atom stereocenters. The number of hydrogen-bond acceptors (Lipinski definition) is 3. The van der Waals surface area contributed by atoms with E-state index in [0.29, 0.717) is 24.0 Å². The number of ether oxygens (including phenoxy) is 1. The number of carbonyl (C=O) groups excluding carboxylic acids is 1. The molecule has 1 aromatic carbocycles. The topological polar surface area (TPSA) is 62.4 Å². The fourth-order valence-corrected chi connectivity index (χ4v) is 2.28. The molecule has 19 heavy (non-hydrogen) atoms. The SMILES string of the molecule is COc1ccccc1NC(=O)NCC[C@@H]1CCCN1. The summed E-state index contributed by atoms with van der Waals surface area (Å²) in [6.45, 7) is 1.77. The monoisotopic (exact) mass is 263 g/mol. The zero-order valence-electron chi connectivity index (χ0n) is 11.2. The van der Waals surface area contributed by atoms with Crippen LogP contribution >= 0.6 is 0 Å². The molecule has 0 aromatic heterocycles. The fourth-order valence-electron chi connectivity index (χ4n) is 2.28. The van der Waals surface area contributed by atoms with Crippen LogP contribution in [0.2, 0.25) is 0 Å². The molecule has 0 saturated carbocycles. The fraction of sp³-hybridized carbons (Fsp3) is 0.500. The number of rotatable bonds is 5. The molecule has 0 aliphatic carbocycles. The number of para-hydroxylation sites is 2. The van der Waals surface area contributed by atoms with Gasteiger partial charge < -0.3 is 20.7 Å². The van der Waals surface area contributed by atoms with Crippen molar-refractivity contribution in [2.24, 2.45) is 0 Å². The van der Waals surface area contributed by atoms with Crippen molar-refractivity contribution in [1.82, 2.24) is 10.6 Å². The number of methoxy groups -OCH3 is 1. The zero-order valence-corrected chi connectivity index (χ0v) is 11.2. The summed E-state index contributed by atoms with van der Waals surface area (Å²) in [5.41, 5.74) is 0.682. The minimum Gasteiger partial charge on any atom is -0.495 e. The van der Waals surface area contributed by atoms with Crippen LogP contribution in [0.15, 0.2) is 24.3 Å². The van der Waals surface area contributed by atoms with Crippen LogP contribution in [0.4, 0.5) is 10.5 Å². The molecule has 5 heteroatoms. The van der Waals surface area contributed by atoms with Gasteiger partial charge in [-0.25, -0.2) is 4.79 Å². The van der Waals surface area contributed by atoms with Gasteiger partial charge in [0.05, 0.1) is 12.8 Å². The van der Waals surface area contributed by atoms with Crippen molar-refractivity contribution < 1.29 is 9.53 Å². The Balaban J connectivity index is 1.74. The summed E-state index contributed by atoms with van der Waals surface area (Å²) in [6.07, 6.45) is 3.41. The van der Waals surface area contributed by atoms with Gasteiger partial charge in [0.2, 0.25) is 0 Å². The average Bonchev–Trinajstić information content (AvgIpc) is 2.92. The highest BCUT2D eigenvalue weighted by Crippen LogP contribution is 2.22. The maximum atomic E-state index is 11.8. The highest BCUT2D eigenvalue weighted by atomic mass is 16.5. The molecular weight excluding hydrogens is 242 g/mol. The summed E-state index contributed by atoms with van der Waals surface area (Å²) in [4.78, 5) is 11.8. The van der Waals surface area contributed by atoms with Gasteiger partial charge in [-0.3, -0.25) is 0 Å². The maximum absolute atomic E-state index is 11.8. The summed E-state index contributed by atoms with van der Waals surface area (Å²) < 4.78 is 5.18. The Morgan fingerprint density at radius 1 is 1.47 bits per heavy atom. The molecule has 1 aliphatic heterocycles. The third-order valence-corrected chi connectivity index (χ3v) is 3.30. The van der Waals surface area contributed by atoms with E-state index < -0.39 is 0 Å². The van der Waals surface area contributed by atoms with Gasteiger partial charge in [-0.05, 0) is 37.9 Å². The average molecular weight is 263 g/mol. The van der Waals surface area contributed by atoms with Crippen molar-refractivity contribution in [3.63, 3.8) is 0 Å². The second-order valence-electron chi connectivity index (χ2n) is 4.66. The second-order valence-corrected chi connectivity index (χ2v) is 4.66. The first kappa shape index (κ1) is 13.7. The summed E-state index contributed by atoms with van der Waals surface area (Å²) in [7, 11) is 1.59. The minimum absolute atomic E-state index is 0.192. The van der Waals surface area contributed by atoms with E-state index in [-0.39, 0.29) is 6.03 Å². The Kier molecular flexibility index (Phi) is 5.03. The number of carbonyl (C=O) groups is 1. The van der Waals surface area contributed by atoms with E-state index in [9.17, 15) is 4.79 Å². The van der Waals surface area contributed by atoms with E-state index in [1.165, 1.54) is 12.8 Å². The molecule has 104 valence electrons. The molecule has 5 nitrogen and oxygen atoms in total. The van der Waals surface area contributed by atoms with Gasteiger partial charge in [0.15, 0.2) is 0 Å². The third kappa shape index (κ3) is 4.13. The number of urea groups is 1. The van der Waals surface area contributed by atoms with E-state index in [1.807, 2.05) is 24.3 Å². The highest BCUT2D eigenvalue weighted by Gasteiger charge is 2.13. The summed E-state index contributed by atoms with van der Waals surface area (Å²) >= 11 is 0. The Bertz CT molecular complexity index is 417. The first-order chi connectivity index (χ1) is 9.29. The van der Waals surface area contributed by atoms with Gasteiger partial charge in [-0.15, -0.1) is 0 Å². The maximum Gasteiger partial charge on any atom is 0.319 e. The Hall–Kier alpha value is -1.75. The standard InChI is InChI=1S/C14H21N3O2/c1-19-13-7-3-2-6-12(13)17-14(18)16-10-8-11-5-4-9-15-11/h2-3,6-7,11,15H,4-5,8-10H2,1H3,(H2,16,17,18)/t11-/m0/s1. The van der Waals surface area contributed by atoms with Gasteiger partial charge in [0.25, 0.3) is 0 Å². The van der Waals surface area contributed by atoms with Crippen molar-refractivity contribution in [3.05, 3.63) is 24.3 Å². The molecule has 0 unspecified atom stereocenters. The van der Waals surface area contributed by atoms with Crippen LogP contribution in [0.25, 0.3) is 0 Å². The normalized spacial score (nSPS) is 18.1. The Labute approximate surface area is 113 Å². The molecule has 1 saturated heterocycles. The van der Waals surface area contributed by atoms with Crippen LogP contribution in [-0.4, -0.2) is 32.3 Å². The van der Waals surface area contributed by atoms with Crippen LogP contribution in [0.3, 0.4) is 0 Å². The number of anilines is 1. The lowest BCUT2D eigenvalue weighted by Crippen LogP contribution is -2.33. The lowest BCUT2D eigenvalue weighted by atomic mass is 10.1. The van der Waals surface area contributed by atoms with Gasteiger partial charge in [-0.2, -0.15) is 0 Å². The lowest BCUT2D eigenvalue weighted by molar-refractivity contribution is 0.251. The first-order valence-electron chi connectivity index (χ1n) is 6.71. The van der Waals surface area contributed by atoms with E-state index in [0.717, 1.165) is 13.0 Å². The van der Waals surface area contributed by atoms with Crippen LogP contribution in [0, 0.1) is 0 Å². The van der Waals surface area contributed by atoms with E-state index in [1.54, 1.807) is 7.11 Å². The minimum atomic E-state index is -0.192. The molecule has 0 spiro atoms. The molecular formula is C14H21N3O2. The Morgan fingerprint density at radius 3 is 3.05 bits per heavy atom. The Morgan fingerprint density at radius 2 is 2.32 bits per heavy atom. The summed E-state index contributed by atoms with van der Waals surface area (Å²) in [6, 6.07) is 7.72. The predicted molar refractivity (Wildman–Crippen MR) is 75.7 cm³/mol. The number of benzene rings is 1. The van der Waals surface area contributed by atoms with Gasteiger partial charge in [0.1, 0.15) is 5.75 Å². The number of nitrogens with one attached hydrogen (secondary N) is 3. The molecule has 1 aromatic rings. The smallest absolute Gasteiger partial charge is 0.319 e. The van der Waals surface area contributed by atoms with Crippen LogP contribution in [0.1, 0.15) is 19.3 Å². The van der Waals surface area contributed by atoms with Gasteiger partial charge in [-0.1, -0.05) is 12.1 Å². The van der Waals surface area contributed by atoms with Crippen molar-refractivity contribution >= 4 is 11.7 Å². The molecule has 0 radical (unpaired) electrons. The number of amides is 2. The predicted octanol–water partition coefficient (Wildman–Crippen LogP) is 1.96. The molecule has 0 bridgehead atoms. The molecule has 3 N–H and O–H groups in total. The lowest BCUT2D eigenvalue weighted by Gasteiger charge is -2.13. The van der Waals surface area contributed by atoms with E-state index >= 15 is 0 Å². The van der Waals surface area contributed by atoms with Crippen molar-refractivity contribution in [3.8, 4) is 5.75 Å². The zero-order chi connectivity index (χ0) is 13.5. The van der Waals surface area contributed by atoms with Crippen LogP contribution < -0.4 is 20.7 Å². The summed E-state index contributed by atoms with van der Waals surface area (Å²) in [5.74, 6) is 0.662. The third-order valence-electron chi connectivity index (χ3n) is 3.30. The number of hydrogen-bond donors (Lipinski definition) is 3. The molecule has 2 amide bonds. The highest BCUT2D eigenvalue weighted by molar-refractivity contribution is 5.90. The molecule has 2 rings (SSSR count). The van der Waals surface area contributed by atoms with Crippen molar-refractivity contribution in [2.45, 2.75) is 25.3 Å². The quantitative estimate of drug-likeness (QED) is 0.761. The van der Waals surface area contributed by atoms with E-state index in [4.69, 9.17) is 4.74 Å². The molecule has 1 aliphatic rings. The largest absolute Gasteiger partial charge is 0.495 e. The van der Waals surface area contributed by atoms with Crippen molar-refractivity contribution in [2.75, 3.05) is 25.5 Å². The first-order valence-corrected chi connectivity index (χ1v) is 6.71.